The molecule has 11 heteroatoms. The van der Waals surface area contributed by atoms with Gasteiger partial charge in [-0.05, 0) is 67.0 Å². The molecule has 3 N–H and O–H groups in total. The molecule has 11 nitrogen and oxygen atoms in total. The molecule has 1 aromatic heterocycles. The number of hydrogen-bond donors (Lipinski definition) is 3. The summed E-state index contributed by atoms with van der Waals surface area (Å²) in [6, 6.07) is 16.8. The van der Waals surface area contributed by atoms with Gasteiger partial charge >= 0.3 is 0 Å². The van der Waals surface area contributed by atoms with E-state index in [0.29, 0.717) is 55.6 Å². The molecule has 0 radical (unpaired) electrons. The summed E-state index contributed by atoms with van der Waals surface area (Å²) in [5.74, 6) is -1.76. The fourth-order valence-corrected chi connectivity index (χ4v) is 6.00. The quantitative estimate of drug-likeness (QED) is 0.393. The van der Waals surface area contributed by atoms with Crippen molar-refractivity contribution in [3.05, 3.63) is 95.3 Å². The Morgan fingerprint density at radius 3 is 2.49 bits per heavy atom. The zero-order valence-electron chi connectivity index (χ0n) is 26.9. The molecule has 0 aliphatic carbocycles. The minimum Gasteiger partial charge on any atom is -0.355 e. The zero-order chi connectivity index (χ0) is 33.3. The fraction of sp³-hybridized carbons (Fsp3) is 0.389. The highest BCUT2D eigenvalue weighted by Crippen LogP contribution is 2.23. The van der Waals surface area contributed by atoms with Crippen LogP contribution in [0.2, 0.25) is 0 Å². The van der Waals surface area contributed by atoms with Gasteiger partial charge in [0.1, 0.15) is 6.04 Å². The SMILES string of the molecule is CC(C)[C@H]1NC(=O)c2cncc(c2)CCCNC(=O)CN(C(=O)c2cccc(N3CCCC3=O)c2)C[C@@H](Cc2ccccc2)NC1=O. The molecule has 3 heterocycles. The number of pyridine rings is 1. The minimum absolute atomic E-state index is 0.00878. The molecule has 2 aromatic carbocycles. The summed E-state index contributed by atoms with van der Waals surface area (Å²) < 4.78 is 0. The molecule has 3 aromatic rings. The number of fused-ring (bicyclic) bond motifs is 2. The van der Waals surface area contributed by atoms with Gasteiger partial charge in [0.15, 0.2) is 0 Å². The van der Waals surface area contributed by atoms with Gasteiger partial charge in [-0.3, -0.25) is 29.0 Å². The van der Waals surface area contributed by atoms with Gasteiger partial charge in [0, 0.05) is 49.7 Å². The van der Waals surface area contributed by atoms with Crippen LogP contribution >= 0.6 is 0 Å². The van der Waals surface area contributed by atoms with E-state index in [2.05, 4.69) is 20.9 Å². The lowest BCUT2D eigenvalue weighted by Gasteiger charge is -2.30. The standard InChI is InChI=1S/C36H42N6O5/c1-24(2)33-35(46)39-29(18-25-9-4-3-5-10-25)22-41(36(47)27-12-6-13-30(19-27)42-16-8-14-32(42)44)23-31(43)38-15-7-11-26-17-28(21-37-20-26)34(45)40-33/h3-6,9-10,12-13,17,19-21,24,29,33H,7-8,11,14-16,18,22-23H2,1-2H3,(H,38,43)(H,39,46)(H,40,45)/t29-,33-/m1/s1. The molecule has 1 fully saturated rings. The van der Waals surface area contributed by atoms with E-state index in [4.69, 9.17) is 0 Å². The summed E-state index contributed by atoms with van der Waals surface area (Å²) in [6.07, 6.45) is 5.92. The predicted octanol–water partition coefficient (Wildman–Crippen LogP) is 2.90. The van der Waals surface area contributed by atoms with Crippen molar-refractivity contribution in [1.82, 2.24) is 25.8 Å². The van der Waals surface area contributed by atoms with E-state index in [1.165, 1.54) is 11.1 Å². The highest BCUT2D eigenvalue weighted by atomic mass is 16.2. The van der Waals surface area contributed by atoms with Crippen molar-refractivity contribution < 1.29 is 24.0 Å². The molecule has 0 unspecified atom stereocenters. The molecule has 5 amide bonds. The van der Waals surface area contributed by atoms with E-state index in [0.717, 1.165) is 17.5 Å². The van der Waals surface area contributed by atoms with Crippen LogP contribution in [0.1, 0.15) is 65.0 Å². The van der Waals surface area contributed by atoms with E-state index in [1.54, 1.807) is 41.4 Å². The molecule has 0 saturated carbocycles. The maximum Gasteiger partial charge on any atom is 0.254 e. The van der Waals surface area contributed by atoms with Gasteiger partial charge in [-0.15, -0.1) is 0 Å². The third-order valence-electron chi connectivity index (χ3n) is 8.47. The number of amides is 5. The number of rotatable bonds is 5. The Morgan fingerprint density at radius 2 is 1.74 bits per heavy atom. The number of carbonyl (C=O) groups is 5. The highest BCUT2D eigenvalue weighted by Gasteiger charge is 2.30. The maximum atomic E-state index is 14.1. The Morgan fingerprint density at radius 1 is 0.936 bits per heavy atom. The fourth-order valence-electron chi connectivity index (χ4n) is 6.00. The van der Waals surface area contributed by atoms with Crippen LogP contribution in [0.25, 0.3) is 0 Å². The Bertz CT molecular complexity index is 1610. The van der Waals surface area contributed by atoms with Crippen molar-refractivity contribution in [3.63, 3.8) is 0 Å². The first-order valence-electron chi connectivity index (χ1n) is 16.2. The Labute approximate surface area is 275 Å². The summed E-state index contributed by atoms with van der Waals surface area (Å²) >= 11 is 0. The van der Waals surface area contributed by atoms with Crippen LogP contribution < -0.4 is 20.9 Å². The molecule has 2 bridgehead atoms. The number of benzene rings is 2. The van der Waals surface area contributed by atoms with Crippen LogP contribution in [-0.4, -0.2) is 77.7 Å². The second kappa shape index (κ2) is 15.5. The lowest BCUT2D eigenvalue weighted by atomic mass is 10.00. The van der Waals surface area contributed by atoms with E-state index in [-0.39, 0.29) is 30.8 Å². The molecular weight excluding hydrogens is 596 g/mol. The average Bonchev–Trinajstić information content (AvgIpc) is 3.50. The smallest absolute Gasteiger partial charge is 0.254 e. The molecule has 2 aliphatic rings. The molecule has 1 saturated heterocycles. The van der Waals surface area contributed by atoms with Gasteiger partial charge in [0.05, 0.1) is 18.2 Å². The third-order valence-corrected chi connectivity index (χ3v) is 8.47. The topological polar surface area (TPSA) is 141 Å². The zero-order valence-corrected chi connectivity index (χ0v) is 26.9. The Hall–Kier alpha value is -5.06. The first-order valence-corrected chi connectivity index (χ1v) is 16.2. The van der Waals surface area contributed by atoms with Crippen LogP contribution in [0.15, 0.2) is 73.1 Å². The average molecular weight is 639 g/mol. The molecule has 5 rings (SSSR count). The summed E-state index contributed by atoms with van der Waals surface area (Å²) in [7, 11) is 0. The largest absolute Gasteiger partial charge is 0.355 e. The number of aryl methyl sites for hydroxylation is 1. The molecule has 2 aliphatic heterocycles. The summed E-state index contributed by atoms with van der Waals surface area (Å²) in [6.45, 7) is 4.46. The number of nitrogens with one attached hydrogen (secondary N) is 3. The monoisotopic (exact) mass is 638 g/mol. The van der Waals surface area contributed by atoms with E-state index >= 15 is 0 Å². The normalized spacial score (nSPS) is 20.0. The van der Waals surface area contributed by atoms with Gasteiger partial charge in [-0.25, -0.2) is 0 Å². The van der Waals surface area contributed by atoms with Crippen LogP contribution in [0, 0.1) is 5.92 Å². The number of carbonyl (C=O) groups excluding carboxylic acids is 5. The van der Waals surface area contributed by atoms with Crippen LogP contribution in [0.5, 0.6) is 0 Å². The third kappa shape index (κ3) is 8.81. The van der Waals surface area contributed by atoms with Crippen molar-refractivity contribution >= 4 is 35.2 Å². The minimum atomic E-state index is -0.859. The van der Waals surface area contributed by atoms with Crippen LogP contribution in [0.3, 0.4) is 0 Å². The number of aromatic nitrogens is 1. The first kappa shape index (κ1) is 33.3. The van der Waals surface area contributed by atoms with E-state index in [1.807, 2.05) is 44.2 Å². The Balaban J connectivity index is 1.47. The van der Waals surface area contributed by atoms with Gasteiger partial charge < -0.3 is 25.8 Å². The second-order valence-corrected chi connectivity index (χ2v) is 12.5. The maximum absolute atomic E-state index is 14.1. The van der Waals surface area contributed by atoms with E-state index in [9.17, 15) is 24.0 Å². The van der Waals surface area contributed by atoms with Gasteiger partial charge in [-0.2, -0.15) is 0 Å². The van der Waals surface area contributed by atoms with Crippen molar-refractivity contribution in [1.29, 1.82) is 0 Å². The van der Waals surface area contributed by atoms with Crippen molar-refractivity contribution in [3.8, 4) is 0 Å². The summed E-state index contributed by atoms with van der Waals surface area (Å²) in [5.41, 5.74) is 3.09. The first-order chi connectivity index (χ1) is 22.7. The van der Waals surface area contributed by atoms with Gasteiger partial charge in [-0.1, -0.05) is 50.2 Å². The lowest BCUT2D eigenvalue weighted by Crippen LogP contribution is -2.55. The summed E-state index contributed by atoms with van der Waals surface area (Å²) in [4.78, 5) is 74.3. The van der Waals surface area contributed by atoms with Crippen molar-refractivity contribution in [2.45, 2.75) is 58.0 Å². The van der Waals surface area contributed by atoms with Crippen molar-refractivity contribution in [2.24, 2.45) is 5.92 Å². The number of nitrogens with zero attached hydrogens (tertiary/aromatic N) is 3. The van der Waals surface area contributed by atoms with Crippen LogP contribution in [-0.2, 0) is 27.2 Å². The van der Waals surface area contributed by atoms with E-state index < -0.39 is 29.8 Å². The second-order valence-electron chi connectivity index (χ2n) is 12.5. The Kier molecular flexibility index (Phi) is 11.0. The highest BCUT2D eigenvalue weighted by molar-refractivity contribution is 6.00. The lowest BCUT2D eigenvalue weighted by molar-refractivity contribution is -0.124. The molecule has 2 atom stereocenters. The number of anilines is 1. The summed E-state index contributed by atoms with van der Waals surface area (Å²) in [5, 5.41) is 8.88. The van der Waals surface area contributed by atoms with Crippen molar-refractivity contribution in [2.75, 3.05) is 31.1 Å². The van der Waals surface area contributed by atoms with Gasteiger partial charge in [0.2, 0.25) is 17.7 Å². The molecule has 47 heavy (non-hydrogen) atoms. The molecule has 246 valence electrons. The molecule has 0 spiro atoms. The predicted molar refractivity (Wildman–Crippen MR) is 178 cm³/mol. The van der Waals surface area contributed by atoms with Gasteiger partial charge in [0.25, 0.3) is 11.8 Å². The van der Waals surface area contributed by atoms with Crippen LogP contribution in [0.4, 0.5) is 5.69 Å². The number of hydrogen-bond acceptors (Lipinski definition) is 6. The molecular formula is C36H42N6O5.